The van der Waals surface area contributed by atoms with Gasteiger partial charge in [-0.3, -0.25) is 0 Å². The molecule has 22 heavy (non-hydrogen) atoms. The first kappa shape index (κ1) is 17.5. The highest BCUT2D eigenvalue weighted by Gasteiger charge is 2.56. The van der Waals surface area contributed by atoms with Crippen molar-refractivity contribution in [3.05, 3.63) is 36.5 Å². The molecule has 0 saturated heterocycles. The summed E-state index contributed by atoms with van der Waals surface area (Å²) in [5.41, 5.74) is 2.34. The second kappa shape index (κ2) is 6.33. The van der Waals surface area contributed by atoms with E-state index in [1.165, 1.54) is 11.1 Å². The minimum atomic E-state index is -0.323. The summed E-state index contributed by atoms with van der Waals surface area (Å²) in [7, 11) is 0. The van der Waals surface area contributed by atoms with Crippen LogP contribution in [0.5, 0.6) is 0 Å². The molecule has 2 N–H and O–H groups in total. The molecule has 0 aromatic rings. The molecule has 2 aliphatic rings. The van der Waals surface area contributed by atoms with Crippen LogP contribution in [0.2, 0.25) is 0 Å². The third kappa shape index (κ3) is 2.96. The summed E-state index contributed by atoms with van der Waals surface area (Å²) >= 11 is 0. The quantitative estimate of drug-likeness (QED) is 0.602. The Balaban J connectivity index is 2.36. The van der Waals surface area contributed by atoms with Gasteiger partial charge in [0.15, 0.2) is 0 Å². The predicted octanol–water partition coefficient (Wildman–Crippen LogP) is 4.25. The molecule has 0 aliphatic heterocycles. The SMILES string of the molecule is C=CC(C)=CCC1C(=C)CCC2C(C)(CO)CC(O)CC12C. The second-order valence-corrected chi connectivity index (χ2v) is 8.07. The van der Waals surface area contributed by atoms with Gasteiger partial charge < -0.3 is 10.2 Å². The van der Waals surface area contributed by atoms with E-state index < -0.39 is 0 Å². The molecule has 0 heterocycles. The van der Waals surface area contributed by atoms with E-state index in [4.69, 9.17) is 0 Å². The summed E-state index contributed by atoms with van der Waals surface area (Å²) in [5.74, 6) is 0.823. The molecule has 5 unspecified atom stereocenters. The Labute approximate surface area is 135 Å². The van der Waals surface area contributed by atoms with Gasteiger partial charge in [0.1, 0.15) is 0 Å². The molecule has 0 aromatic carbocycles. The fraction of sp³-hybridized carbons (Fsp3) is 0.700. The number of fused-ring (bicyclic) bond motifs is 1. The van der Waals surface area contributed by atoms with Crippen molar-refractivity contribution in [2.24, 2.45) is 22.7 Å². The minimum Gasteiger partial charge on any atom is -0.396 e. The molecule has 0 amide bonds. The molecule has 0 spiro atoms. The van der Waals surface area contributed by atoms with Gasteiger partial charge in [0, 0.05) is 6.61 Å². The summed E-state index contributed by atoms with van der Waals surface area (Å²) < 4.78 is 0. The minimum absolute atomic E-state index is 0.0163. The van der Waals surface area contributed by atoms with Crippen LogP contribution in [0.15, 0.2) is 36.5 Å². The molecule has 0 aromatic heterocycles. The van der Waals surface area contributed by atoms with Crippen LogP contribution in [0.3, 0.4) is 0 Å². The second-order valence-electron chi connectivity index (χ2n) is 8.07. The first-order valence-electron chi connectivity index (χ1n) is 8.52. The molecule has 2 rings (SSSR count). The first-order valence-corrected chi connectivity index (χ1v) is 8.52. The van der Waals surface area contributed by atoms with Crippen molar-refractivity contribution in [3.8, 4) is 0 Å². The first-order chi connectivity index (χ1) is 10.3. The number of hydrogen-bond acceptors (Lipinski definition) is 2. The Hall–Kier alpha value is -0.860. The zero-order valence-corrected chi connectivity index (χ0v) is 14.4. The summed E-state index contributed by atoms with van der Waals surface area (Å²) in [6.45, 7) is 14.8. The van der Waals surface area contributed by atoms with Crippen LogP contribution in [0.4, 0.5) is 0 Å². The largest absolute Gasteiger partial charge is 0.396 e. The van der Waals surface area contributed by atoms with Crippen molar-refractivity contribution in [1.29, 1.82) is 0 Å². The van der Waals surface area contributed by atoms with Crippen LogP contribution in [0.25, 0.3) is 0 Å². The zero-order valence-electron chi connectivity index (χ0n) is 14.4. The van der Waals surface area contributed by atoms with Gasteiger partial charge in [-0.1, -0.05) is 50.3 Å². The van der Waals surface area contributed by atoms with Crippen LogP contribution in [0, 0.1) is 22.7 Å². The van der Waals surface area contributed by atoms with E-state index in [1.807, 2.05) is 6.08 Å². The van der Waals surface area contributed by atoms with E-state index in [0.29, 0.717) is 18.3 Å². The Bertz CT molecular complexity index is 478. The Morgan fingerprint density at radius 3 is 2.64 bits per heavy atom. The Morgan fingerprint density at radius 1 is 1.36 bits per heavy atom. The fourth-order valence-electron chi connectivity index (χ4n) is 5.23. The maximum Gasteiger partial charge on any atom is 0.0552 e. The number of rotatable bonds is 4. The van der Waals surface area contributed by atoms with Crippen LogP contribution in [0.1, 0.15) is 52.9 Å². The highest BCUT2D eigenvalue weighted by atomic mass is 16.3. The lowest BCUT2D eigenvalue weighted by molar-refractivity contribution is -0.128. The van der Waals surface area contributed by atoms with Crippen molar-refractivity contribution in [2.45, 2.75) is 59.0 Å². The van der Waals surface area contributed by atoms with Crippen LogP contribution >= 0.6 is 0 Å². The highest BCUT2D eigenvalue weighted by molar-refractivity contribution is 5.21. The van der Waals surface area contributed by atoms with Crippen molar-refractivity contribution < 1.29 is 10.2 Å². The van der Waals surface area contributed by atoms with Gasteiger partial charge >= 0.3 is 0 Å². The predicted molar refractivity (Wildman–Crippen MR) is 92.5 cm³/mol. The standard InChI is InChI=1S/C20H32O2/c1-6-14(2)7-9-17-15(3)8-10-18-19(4,13-21)11-16(22)12-20(17,18)5/h6-7,16-18,21-22H,1,3,8-13H2,2,4-5H3. The van der Waals surface area contributed by atoms with Gasteiger partial charge in [0.2, 0.25) is 0 Å². The van der Waals surface area contributed by atoms with Gasteiger partial charge in [0.25, 0.3) is 0 Å². The maximum absolute atomic E-state index is 10.4. The lowest BCUT2D eigenvalue weighted by atomic mass is 9.46. The highest BCUT2D eigenvalue weighted by Crippen LogP contribution is 2.61. The third-order valence-electron chi connectivity index (χ3n) is 6.42. The molecule has 2 fully saturated rings. The Kier molecular flexibility index (Phi) is 5.03. The number of aliphatic hydroxyl groups excluding tert-OH is 2. The molecule has 0 bridgehead atoms. The lowest BCUT2D eigenvalue weighted by Gasteiger charge is -2.59. The van der Waals surface area contributed by atoms with E-state index >= 15 is 0 Å². The average Bonchev–Trinajstić information content (AvgIpc) is 2.45. The van der Waals surface area contributed by atoms with Crippen LogP contribution in [-0.4, -0.2) is 22.9 Å². The van der Waals surface area contributed by atoms with E-state index in [9.17, 15) is 10.2 Å². The summed E-state index contributed by atoms with van der Waals surface area (Å²) in [6, 6.07) is 0. The smallest absolute Gasteiger partial charge is 0.0552 e. The summed E-state index contributed by atoms with van der Waals surface area (Å²) in [5, 5.41) is 20.4. The van der Waals surface area contributed by atoms with Crippen molar-refractivity contribution in [3.63, 3.8) is 0 Å². The number of aliphatic hydroxyl groups is 2. The topological polar surface area (TPSA) is 40.5 Å². The molecular weight excluding hydrogens is 272 g/mol. The summed E-state index contributed by atoms with van der Waals surface area (Å²) in [6.07, 6.45) is 8.42. The van der Waals surface area contributed by atoms with Gasteiger partial charge in [-0.25, -0.2) is 0 Å². The van der Waals surface area contributed by atoms with E-state index in [0.717, 1.165) is 25.7 Å². The van der Waals surface area contributed by atoms with Gasteiger partial charge in [-0.2, -0.15) is 0 Å². The van der Waals surface area contributed by atoms with Crippen molar-refractivity contribution in [2.75, 3.05) is 6.61 Å². The van der Waals surface area contributed by atoms with E-state index in [-0.39, 0.29) is 23.5 Å². The molecule has 0 radical (unpaired) electrons. The fourth-order valence-corrected chi connectivity index (χ4v) is 5.23. The van der Waals surface area contributed by atoms with Crippen LogP contribution in [-0.2, 0) is 0 Å². The molecule has 5 atom stereocenters. The number of allylic oxidation sites excluding steroid dienone is 4. The molecule has 124 valence electrons. The molecule has 2 nitrogen and oxygen atoms in total. The van der Waals surface area contributed by atoms with Crippen LogP contribution < -0.4 is 0 Å². The normalized spacial score (nSPS) is 42.9. The molecule has 2 saturated carbocycles. The zero-order chi connectivity index (χ0) is 16.5. The van der Waals surface area contributed by atoms with Gasteiger partial charge in [-0.15, -0.1) is 0 Å². The van der Waals surface area contributed by atoms with E-state index in [1.54, 1.807) is 0 Å². The lowest BCUT2D eigenvalue weighted by Crippen LogP contribution is -2.55. The summed E-state index contributed by atoms with van der Waals surface area (Å²) in [4.78, 5) is 0. The molecular formula is C20H32O2. The molecule has 2 heteroatoms. The van der Waals surface area contributed by atoms with E-state index in [2.05, 4.69) is 40.0 Å². The molecule has 2 aliphatic carbocycles. The monoisotopic (exact) mass is 304 g/mol. The van der Waals surface area contributed by atoms with Gasteiger partial charge in [0.05, 0.1) is 6.10 Å². The van der Waals surface area contributed by atoms with Gasteiger partial charge in [-0.05, 0) is 61.7 Å². The third-order valence-corrected chi connectivity index (χ3v) is 6.42. The van der Waals surface area contributed by atoms with Crippen molar-refractivity contribution in [1.82, 2.24) is 0 Å². The number of hydrogen-bond donors (Lipinski definition) is 2. The maximum atomic E-state index is 10.4. The van der Waals surface area contributed by atoms with Crippen molar-refractivity contribution >= 4 is 0 Å². The average molecular weight is 304 g/mol. The Morgan fingerprint density at radius 2 is 2.05 bits per heavy atom.